The lowest BCUT2D eigenvalue weighted by molar-refractivity contribution is 0.103. The summed E-state index contributed by atoms with van der Waals surface area (Å²) in [6.45, 7) is 0. The number of hydrogen-bond donors (Lipinski definition) is 1. The van der Waals surface area contributed by atoms with E-state index in [-0.39, 0.29) is 5.91 Å². The fourth-order valence-corrected chi connectivity index (χ4v) is 4.98. The van der Waals surface area contributed by atoms with E-state index < -0.39 is 0 Å². The summed E-state index contributed by atoms with van der Waals surface area (Å²) in [5.41, 5.74) is 0.802. The van der Waals surface area contributed by atoms with Crippen molar-refractivity contribution in [1.29, 1.82) is 0 Å². The van der Waals surface area contributed by atoms with Crippen LogP contribution in [0.4, 0.5) is 5.69 Å². The summed E-state index contributed by atoms with van der Waals surface area (Å²) in [6, 6.07) is 15.8. The average molecular weight is 344 g/mol. The molecule has 2 heterocycles. The van der Waals surface area contributed by atoms with Crippen molar-refractivity contribution in [3.05, 3.63) is 63.8 Å². The largest absolute Gasteiger partial charge is 0.321 e. The highest BCUT2D eigenvalue weighted by molar-refractivity contribution is 7.29. The molecule has 1 N–H and O–H groups in total. The Morgan fingerprint density at radius 2 is 1.86 bits per heavy atom. The van der Waals surface area contributed by atoms with Gasteiger partial charge in [-0.15, -0.1) is 22.7 Å². The quantitative estimate of drug-likeness (QED) is 0.473. The Bertz CT molecular complexity index is 997. The third-order valence-electron chi connectivity index (χ3n) is 3.48. The maximum atomic E-state index is 12.6. The Morgan fingerprint density at radius 1 is 1.05 bits per heavy atom. The van der Waals surface area contributed by atoms with Crippen LogP contribution in [-0.2, 0) is 0 Å². The van der Waals surface area contributed by atoms with Gasteiger partial charge in [-0.1, -0.05) is 48.0 Å². The number of thiophene rings is 2. The topological polar surface area (TPSA) is 29.1 Å². The summed E-state index contributed by atoms with van der Waals surface area (Å²) in [7, 11) is 0. The third-order valence-corrected chi connectivity index (χ3v) is 6.30. The first-order valence-corrected chi connectivity index (χ1v) is 8.76. The van der Waals surface area contributed by atoms with Gasteiger partial charge in [0.2, 0.25) is 0 Å². The molecule has 2 aromatic heterocycles. The fourth-order valence-electron chi connectivity index (χ4n) is 2.46. The molecule has 0 saturated heterocycles. The Balaban J connectivity index is 1.74. The van der Waals surface area contributed by atoms with Crippen molar-refractivity contribution in [3.63, 3.8) is 0 Å². The van der Waals surface area contributed by atoms with Crippen LogP contribution in [0.2, 0.25) is 5.02 Å². The average Bonchev–Trinajstić information content (AvgIpc) is 3.11. The molecule has 1 amide bonds. The Hall–Kier alpha value is -1.88. The van der Waals surface area contributed by atoms with Crippen molar-refractivity contribution in [2.45, 2.75) is 0 Å². The lowest BCUT2D eigenvalue weighted by Crippen LogP contribution is -2.10. The molecule has 0 fully saturated rings. The summed E-state index contributed by atoms with van der Waals surface area (Å²) in [6.07, 6.45) is 0. The van der Waals surface area contributed by atoms with Crippen LogP contribution < -0.4 is 5.32 Å². The number of fused-ring (bicyclic) bond motifs is 2. The van der Waals surface area contributed by atoms with Gasteiger partial charge in [0.1, 0.15) is 4.88 Å². The van der Waals surface area contributed by atoms with Gasteiger partial charge in [-0.2, -0.15) is 0 Å². The molecule has 0 saturated carbocycles. The lowest BCUT2D eigenvalue weighted by atomic mass is 10.1. The maximum absolute atomic E-state index is 12.6. The van der Waals surface area contributed by atoms with Crippen molar-refractivity contribution in [2.75, 3.05) is 5.32 Å². The van der Waals surface area contributed by atoms with Crippen LogP contribution in [0.5, 0.6) is 0 Å². The molecule has 0 aliphatic rings. The van der Waals surface area contributed by atoms with Gasteiger partial charge in [-0.05, 0) is 22.9 Å². The molecule has 4 aromatic rings. The molecule has 5 heteroatoms. The zero-order valence-electron chi connectivity index (χ0n) is 11.3. The van der Waals surface area contributed by atoms with E-state index in [1.807, 2.05) is 53.9 Å². The molecular weight excluding hydrogens is 334 g/mol. The predicted octanol–water partition coefficient (Wildman–Crippen LogP) is 6.02. The summed E-state index contributed by atoms with van der Waals surface area (Å²) >= 11 is 9.33. The van der Waals surface area contributed by atoms with Crippen molar-refractivity contribution < 1.29 is 4.79 Å². The van der Waals surface area contributed by atoms with Crippen molar-refractivity contribution in [3.8, 4) is 0 Å². The normalized spacial score (nSPS) is 11.1. The molecule has 0 radical (unpaired) electrons. The Morgan fingerprint density at radius 3 is 2.73 bits per heavy atom. The van der Waals surface area contributed by atoms with Crippen molar-refractivity contribution in [1.82, 2.24) is 0 Å². The van der Waals surface area contributed by atoms with E-state index in [9.17, 15) is 4.79 Å². The fraction of sp³-hybridized carbons (Fsp3) is 0. The second kappa shape index (κ2) is 5.39. The van der Waals surface area contributed by atoms with Gasteiger partial charge < -0.3 is 5.32 Å². The number of benzene rings is 2. The van der Waals surface area contributed by atoms with Crippen LogP contribution in [0.25, 0.3) is 20.2 Å². The summed E-state index contributed by atoms with van der Waals surface area (Å²) in [4.78, 5) is 13.1. The molecule has 0 aliphatic carbocycles. The summed E-state index contributed by atoms with van der Waals surface area (Å²) in [5.74, 6) is -0.158. The Labute approximate surface area is 140 Å². The highest BCUT2D eigenvalue weighted by atomic mass is 35.5. The highest BCUT2D eigenvalue weighted by Gasteiger charge is 2.18. The van der Waals surface area contributed by atoms with Crippen LogP contribution in [0.3, 0.4) is 0 Å². The second-order valence-electron chi connectivity index (χ2n) is 4.84. The predicted molar refractivity (Wildman–Crippen MR) is 96.6 cm³/mol. The van der Waals surface area contributed by atoms with E-state index in [2.05, 4.69) is 5.32 Å². The van der Waals surface area contributed by atoms with Crippen LogP contribution in [0.15, 0.2) is 53.9 Å². The van der Waals surface area contributed by atoms with E-state index in [1.165, 1.54) is 11.3 Å². The highest BCUT2D eigenvalue weighted by Crippen LogP contribution is 2.39. The van der Waals surface area contributed by atoms with Gasteiger partial charge in [-0.3, -0.25) is 4.79 Å². The van der Waals surface area contributed by atoms with Gasteiger partial charge >= 0.3 is 0 Å². The number of amides is 1. The lowest BCUT2D eigenvalue weighted by Gasteiger charge is -2.08. The molecule has 108 valence electrons. The third kappa shape index (κ3) is 2.20. The number of halogens is 1. The van der Waals surface area contributed by atoms with Gasteiger partial charge in [0.05, 0.1) is 9.72 Å². The first-order valence-electron chi connectivity index (χ1n) is 6.68. The number of anilines is 1. The van der Waals surface area contributed by atoms with Crippen LogP contribution in [0.1, 0.15) is 9.67 Å². The van der Waals surface area contributed by atoms with E-state index in [1.54, 1.807) is 11.3 Å². The molecule has 2 aromatic carbocycles. The number of hydrogen-bond acceptors (Lipinski definition) is 3. The van der Waals surface area contributed by atoms with Gasteiger partial charge in [-0.25, -0.2) is 0 Å². The van der Waals surface area contributed by atoms with Crippen molar-refractivity contribution >= 4 is 66.0 Å². The van der Waals surface area contributed by atoms with Gasteiger partial charge in [0, 0.05) is 15.8 Å². The van der Waals surface area contributed by atoms with E-state index >= 15 is 0 Å². The van der Waals surface area contributed by atoms with Crippen molar-refractivity contribution in [2.24, 2.45) is 0 Å². The Kier molecular flexibility index (Phi) is 3.37. The molecule has 0 aliphatic heterocycles. The van der Waals surface area contributed by atoms with Crippen LogP contribution >= 0.6 is 34.3 Å². The zero-order chi connectivity index (χ0) is 15.1. The summed E-state index contributed by atoms with van der Waals surface area (Å²) < 4.78 is 2.04. The van der Waals surface area contributed by atoms with E-state index in [0.29, 0.717) is 9.90 Å². The minimum atomic E-state index is -0.158. The maximum Gasteiger partial charge on any atom is 0.267 e. The van der Waals surface area contributed by atoms with Crippen LogP contribution in [-0.4, -0.2) is 5.91 Å². The SMILES string of the molecule is O=C(Nc1cccc2ccccc12)c1sc2ccsc2c1Cl. The van der Waals surface area contributed by atoms with Crippen LogP contribution in [0, 0.1) is 0 Å². The number of rotatable bonds is 2. The van der Waals surface area contributed by atoms with E-state index in [0.717, 1.165) is 25.9 Å². The minimum absolute atomic E-state index is 0.158. The van der Waals surface area contributed by atoms with Gasteiger partial charge in [0.25, 0.3) is 5.91 Å². The number of nitrogens with one attached hydrogen (secondary N) is 1. The molecular formula is C17H10ClNOS2. The number of carbonyl (C=O) groups excluding carboxylic acids is 1. The molecule has 22 heavy (non-hydrogen) atoms. The summed E-state index contributed by atoms with van der Waals surface area (Å²) in [5, 5.41) is 7.64. The number of carbonyl (C=O) groups is 1. The minimum Gasteiger partial charge on any atom is -0.321 e. The molecule has 0 atom stereocenters. The second-order valence-corrected chi connectivity index (χ2v) is 7.19. The van der Waals surface area contributed by atoms with E-state index in [4.69, 9.17) is 11.6 Å². The molecule has 2 nitrogen and oxygen atoms in total. The monoisotopic (exact) mass is 343 g/mol. The standard InChI is InChI=1S/C17H10ClNOS2/c18-14-15-13(8-9-21-15)22-16(14)17(20)19-12-7-3-5-10-4-1-2-6-11(10)12/h1-9H,(H,19,20). The smallest absolute Gasteiger partial charge is 0.267 e. The zero-order valence-corrected chi connectivity index (χ0v) is 13.7. The first kappa shape index (κ1) is 13.8. The first-order chi connectivity index (χ1) is 10.7. The molecule has 0 spiro atoms. The van der Waals surface area contributed by atoms with Gasteiger partial charge in [0.15, 0.2) is 0 Å². The molecule has 0 bridgehead atoms. The molecule has 0 unspecified atom stereocenters. The molecule has 4 rings (SSSR count).